The van der Waals surface area contributed by atoms with Gasteiger partial charge in [-0.3, -0.25) is 9.89 Å². The van der Waals surface area contributed by atoms with E-state index in [0.29, 0.717) is 23.7 Å². The van der Waals surface area contributed by atoms with Crippen LogP contribution in [0.2, 0.25) is 0 Å². The van der Waals surface area contributed by atoms with Crippen LogP contribution < -0.4 is 5.32 Å². The molecule has 1 N–H and O–H groups in total. The van der Waals surface area contributed by atoms with E-state index in [1.807, 2.05) is 12.1 Å². The first-order valence-electron chi connectivity index (χ1n) is 10.2. The van der Waals surface area contributed by atoms with E-state index in [2.05, 4.69) is 44.4 Å². The van der Waals surface area contributed by atoms with Gasteiger partial charge in [-0.15, -0.1) is 24.0 Å². The maximum Gasteiger partial charge on any atom is 0.194 e. The van der Waals surface area contributed by atoms with Gasteiger partial charge in [0.1, 0.15) is 5.82 Å². The van der Waals surface area contributed by atoms with Crippen LogP contribution in [0.3, 0.4) is 0 Å². The Morgan fingerprint density at radius 3 is 2.77 bits per heavy atom. The van der Waals surface area contributed by atoms with Gasteiger partial charge in [0.05, 0.1) is 30.4 Å². The fraction of sp³-hybridized carbons (Fsp3) is 0.391. The molecule has 2 heterocycles. The lowest BCUT2D eigenvalue weighted by Crippen LogP contribution is -2.50. The molecule has 0 spiro atoms. The van der Waals surface area contributed by atoms with Gasteiger partial charge in [-0.2, -0.15) is 5.26 Å². The van der Waals surface area contributed by atoms with Crippen molar-refractivity contribution in [3.63, 3.8) is 0 Å². The van der Waals surface area contributed by atoms with Crippen molar-refractivity contribution in [1.29, 1.82) is 5.26 Å². The zero-order chi connectivity index (χ0) is 20.9. The number of aliphatic imine (C=N–C) groups is 1. The lowest BCUT2D eigenvalue weighted by Gasteiger charge is -2.36. The van der Waals surface area contributed by atoms with Gasteiger partial charge in [0, 0.05) is 45.3 Å². The normalized spacial score (nSPS) is 21.2. The molecule has 2 unspecified atom stereocenters. The standard InChI is InChI=1S/C23H26FN5O.HI/c1-26-23(27-13-19-8-7-18(12-25)11-20(19)24)29-15-21-22(16-29)30-10-9-28(21)14-17-5-3-2-4-6-17;/h2-8,11,21-22H,9-10,13-16H2,1H3,(H,26,27);1H. The number of nitriles is 1. The molecule has 2 fully saturated rings. The highest BCUT2D eigenvalue weighted by atomic mass is 127. The summed E-state index contributed by atoms with van der Waals surface area (Å²) in [6, 6.07) is 17.3. The van der Waals surface area contributed by atoms with E-state index in [1.165, 1.54) is 11.6 Å². The van der Waals surface area contributed by atoms with Crippen LogP contribution in [0, 0.1) is 17.1 Å². The summed E-state index contributed by atoms with van der Waals surface area (Å²) in [4.78, 5) is 9.06. The fourth-order valence-corrected chi connectivity index (χ4v) is 4.21. The summed E-state index contributed by atoms with van der Waals surface area (Å²) < 4.78 is 20.2. The number of nitrogens with one attached hydrogen (secondary N) is 1. The van der Waals surface area contributed by atoms with Crippen molar-refractivity contribution in [3.8, 4) is 6.07 Å². The van der Waals surface area contributed by atoms with Crippen LogP contribution in [-0.4, -0.2) is 61.2 Å². The number of halogens is 2. The summed E-state index contributed by atoms with van der Waals surface area (Å²) in [5.74, 6) is 0.348. The Morgan fingerprint density at radius 1 is 1.26 bits per heavy atom. The summed E-state index contributed by atoms with van der Waals surface area (Å²) in [5.41, 5.74) is 2.13. The Hall–Kier alpha value is -2.22. The van der Waals surface area contributed by atoms with Crippen LogP contribution in [0.1, 0.15) is 16.7 Å². The number of hydrogen-bond acceptors (Lipinski definition) is 4. The van der Waals surface area contributed by atoms with Gasteiger partial charge in [-0.25, -0.2) is 4.39 Å². The van der Waals surface area contributed by atoms with Crippen LogP contribution in [0.5, 0.6) is 0 Å². The molecule has 2 aliphatic rings. The third kappa shape index (κ3) is 5.53. The van der Waals surface area contributed by atoms with Gasteiger partial charge in [0.2, 0.25) is 0 Å². The zero-order valence-corrected chi connectivity index (χ0v) is 19.8. The number of nitrogens with zero attached hydrogens (tertiary/aromatic N) is 4. The van der Waals surface area contributed by atoms with Crippen LogP contribution in [-0.2, 0) is 17.8 Å². The highest BCUT2D eigenvalue weighted by molar-refractivity contribution is 14.0. The molecule has 2 aromatic carbocycles. The Labute approximate surface area is 199 Å². The second kappa shape index (κ2) is 10.9. The van der Waals surface area contributed by atoms with E-state index in [0.717, 1.165) is 38.7 Å². The van der Waals surface area contributed by atoms with E-state index in [4.69, 9.17) is 10.00 Å². The minimum Gasteiger partial charge on any atom is -0.373 e. The van der Waals surface area contributed by atoms with Crippen LogP contribution in [0.15, 0.2) is 53.5 Å². The van der Waals surface area contributed by atoms with Crippen molar-refractivity contribution in [2.24, 2.45) is 4.99 Å². The fourth-order valence-electron chi connectivity index (χ4n) is 4.21. The minimum atomic E-state index is -0.385. The van der Waals surface area contributed by atoms with E-state index < -0.39 is 0 Å². The molecule has 0 radical (unpaired) electrons. The molecule has 0 saturated carbocycles. The van der Waals surface area contributed by atoms with E-state index in [1.54, 1.807) is 19.2 Å². The molecule has 2 aliphatic heterocycles. The summed E-state index contributed by atoms with van der Waals surface area (Å²) in [6.07, 6.45) is 0.132. The summed E-state index contributed by atoms with van der Waals surface area (Å²) in [7, 11) is 1.74. The number of morpholine rings is 1. The van der Waals surface area contributed by atoms with Gasteiger partial charge in [-0.05, 0) is 17.7 Å². The first kappa shape index (κ1) is 23.4. The zero-order valence-electron chi connectivity index (χ0n) is 17.5. The third-order valence-electron chi connectivity index (χ3n) is 5.78. The van der Waals surface area contributed by atoms with Crippen LogP contribution in [0.25, 0.3) is 0 Å². The second-order valence-corrected chi connectivity index (χ2v) is 7.66. The topological polar surface area (TPSA) is 63.9 Å². The van der Waals surface area contributed by atoms with Crippen molar-refractivity contribution in [2.75, 3.05) is 33.3 Å². The third-order valence-corrected chi connectivity index (χ3v) is 5.78. The van der Waals surface area contributed by atoms with Crippen LogP contribution in [0.4, 0.5) is 4.39 Å². The number of guanidine groups is 1. The predicted molar refractivity (Wildman–Crippen MR) is 129 cm³/mol. The molecule has 31 heavy (non-hydrogen) atoms. The van der Waals surface area contributed by atoms with E-state index in [9.17, 15) is 4.39 Å². The average Bonchev–Trinajstić information content (AvgIpc) is 3.21. The van der Waals surface area contributed by atoms with Gasteiger partial charge >= 0.3 is 0 Å². The predicted octanol–water partition coefficient (Wildman–Crippen LogP) is 2.98. The highest BCUT2D eigenvalue weighted by Gasteiger charge is 2.41. The SMILES string of the molecule is CN=C(NCc1ccc(C#N)cc1F)N1CC2OCCN(Cc3ccccc3)C2C1.I. The molecular formula is C23H27FIN5O. The number of benzene rings is 2. The number of rotatable bonds is 4. The average molecular weight is 535 g/mol. The number of ether oxygens (including phenoxy) is 1. The molecule has 2 atom stereocenters. The van der Waals surface area contributed by atoms with Crippen molar-refractivity contribution in [2.45, 2.75) is 25.2 Å². The van der Waals surface area contributed by atoms with E-state index in [-0.39, 0.29) is 35.9 Å². The lowest BCUT2D eigenvalue weighted by atomic mass is 10.1. The Balaban J connectivity index is 0.00000272. The van der Waals surface area contributed by atoms with Gasteiger partial charge < -0.3 is 15.0 Å². The Morgan fingerprint density at radius 2 is 2.06 bits per heavy atom. The highest BCUT2D eigenvalue weighted by Crippen LogP contribution is 2.24. The molecule has 0 aromatic heterocycles. The smallest absolute Gasteiger partial charge is 0.194 e. The number of hydrogen-bond donors (Lipinski definition) is 1. The lowest BCUT2D eigenvalue weighted by molar-refractivity contribution is -0.0502. The number of likely N-dealkylation sites (tertiary alicyclic amines) is 1. The minimum absolute atomic E-state index is 0. The molecular weight excluding hydrogens is 508 g/mol. The van der Waals surface area contributed by atoms with Crippen molar-refractivity contribution >= 4 is 29.9 Å². The summed E-state index contributed by atoms with van der Waals surface area (Å²) in [6.45, 7) is 4.42. The molecule has 4 rings (SSSR count). The number of fused-ring (bicyclic) bond motifs is 1. The van der Waals surface area contributed by atoms with Crippen molar-refractivity contribution in [3.05, 3.63) is 71.0 Å². The molecule has 164 valence electrons. The maximum atomic E-state index is 14.2. The summed E-state index contributed by atoms with van der Waals surface area (Å²) >= 11 is 0. The molecule has 0 aliphatic carbocycles. The van der Waals surface area contributed by atoms with E-state index >= 15 is 0 Å². The molecule has 8 heteroatoms. The molecule has 0 amide bonds. The van der Waals surface area contributed by atoms with Crippen LogP contribution >= 0.6 is 24.0 Å². The first-order chi connectivity index (χ1) is 14.7. The Kier molecular flexibility index (Phi) is 8.23. The quantitative estimate of drug-likeness (QED) is 0.371. The van der Waals surface area contributed by atoms with Crippen molar-refractivity contribution in [1.82, 2.24) is 15.1 Å². The van der Waals surface area contributed by atoms with Crippen molar-refractivity contribution < 1.29 is 9.13 Å². The van der Waals surface area contributed by atoms with Gasteiger partial charge in [0.25, 0.3) is 0 Å². The largest absolute Gasteiger partial charge is 0.373 e. The molecule has 2 aromatic rings. The molecule has 6 nitrogen and oxygen atoms in total. The molecule has 2 saturated heterocycles. The molecule has 0 bridgehead atoms. The van der Waals surface area contributed by atoms with Gasteiger partial charge in [0.15, 0.2) is 5.96 Å². The second-order valence-electron chi connectivity index (χ2n) is 7.66. The maximum absolute atomic E-state index is 14.2. The summed E-state index contributed by atoms with van der Waals surface area (Å²) in [5, 5.41) is 12.2. The Bertz CT molecular complexity index is 949. The first-order valence-corrected chi connectivity index (χ1v) is 10.2. The van der Waals surface area contributed by atoms with Gasteiger partial charge in [-0.1, -0.05) is 36.4 Å². The monoisotopic (exact) mass is 535 g/mol.